The zero-order chi connectivity index (χ0) is 11.0. The number of nitrogens with zero attached hydrogens (tertiary/aromatic N) is 1. The molecule has 0 spiro atoms. The van der Waals surface area contributed by atoms with Gasteiger partial charge in [0.2, 0.25) is 0 Å². The highest BCUT2D eigenvalue weighted by Gasteiger charge is 2.01. The fourth-order valence-electron chi connectivity index (χ4n) is 1.14. The summed E-state index contributed by atoms with van der Waals surface area (Å²) in [7, 11) is 2.18. The van der Waals surface area contributed by atoms with Crippen molar-refractivity contribution in [2.45, 2.75) is 39.7 Å². The summed E-state index contributed by atoms with van der Waals surface area (Å²) in [6.07, 6.45) is 2.32. The van der Waals surface area contributed by atoms with Crippen LogP contribution in [-0.4, -0.2) is 37.6 Å². The van der Waals surface area contributed by atoms with Crippen LogP contribution in [0.1, 0.15) is 33.6 Å². The lowest BCUT2D eigenvalue weighted by Gasteiger charge is -2.20. The summed E-state index contributed by atoms with van der Waals surface area (Å²) in [4.78, 5) is 2.38. The van der Waals surface area contributed by atoms with E-state index in [1.807, 2.05) is 0 Å². The van der Waals surface area contributed by atoms with E-state index < -0.39 is 0 Å². The molecule has 0 radical (unpaired) electrons. The molecule has 0 aliphatic carbocycles. The lowest BCUT2D eigenvalue weighted by Crippen LogP contribution is -2.29. The Balaban J connectivity index is 3.17. The Morgan fingerprint density at radius 1 is 1.36 bits per heavy atom. The molecule has 2 nitrogen and oxygen atoms in total. The Morgan fingerprint density at radius 2 is 2.00 bits per heavy atom. The normalized spacial score (nSPS) is 11.3. The molecule has 0 saturated heterocycles. The van der Waals surface area contributed by atoms with Gasteiger partial charge in [0.05, 0.1) is 0 Å². The Hall–Kier alpha value is -0.340. The van der Waals surface area contributed by atoms with E-state index in [0.717, 1.165) is 19.5 Å². The van der Waals surface area contributed by atoms with Crippen molar-refractivity contribution in [3.8, 4) is 0 Å². The predicted molar refractivity (Wildman–Crippen MR) is 64.7 cm³/mol. The van der Waals surface area contributed by atoms with Crippen LogP contribution in [0, 0.1) is 0 Å². The Kier molecular flexibility index (Phi) is 7.81. The van der Waals surface area contributed by atoms with E-state index in [4.69, 9.17) is 0 Å². The molecule has 0 aromatic heterocycles. The van der Waals surface area contributed by atoms with Crippen molar-refractivity contribution in [2.24, 2.45) is 0 Å². The lowest BCUT2D eigenvalue weighted by molar-refractivity contribution is 0.269. The van der Waals surface area contributed by atoms with E-state index in [0.29, 0.717) is 6.04 Å². The van der Waals surface area contributed by atoms with Crippen molar-refractivity contribution in [3.63, 3.8) is 0 Å². The number of rotatable bonds is 8. The average molecular weight is 198 g/mol. The molecule has 0 aliphatic rings. The van der Waals surface area contributed by atoms with Crippen LogP contribution in [0.15, 0.2) is 12.2 Å². The van der Waals surface area contributed by atoms with Gasteiger partial charge in [-0.25, -0.2) is 0 Å². The molecular weight excluding hydrogens is 172 g/mol. The zero-order valence-electron chi connectivity index (χ0n) is 10.3. The van der Waals surface area contributed by atoms with Gasteiger partial charge in [-0.05, 0) is 60.3 Å². The fourth-order valence-corrected chi connectivity index (χ4v) is 1.14. The van der Waals surface area contributed by atoms with Crippen molar-refractivity contribution in [3.05, 3.63) is 12.2 Å². The molecule has 0 rings (SSSR count). The highest BCUT2D eigenvalue weighted by atomic mass is 15.1. The third-order valence-corrected chi connectivity index (χ3v) is 2.47. The average Bonchev–Trinajstić information content (AvgIpc) is 2.09. The van der Waals surface area contributed by atoms with Crippen LogP contribution in [0.2, 0.25) is 0 Å². The Morgan fingerprint density at radius 3 is 2.50 bits per heavy atom. The first-order chi connectivity index (χ1) is 6.54. The Labute approximate surface area is 89.4 Å². The fraction of sp³-hybridized carbons (Fsp3) is 0.833. The van der Waals surface area contributed by atoms with E-state index in [1.165, 1.54) is 18.5 Å². The summed E-state index contributed by atoms with van der Waals surface area (Å²) in [5.41, 5.74) is 1.26. The van der Waals surface area contributed by atoms with Gasteiger partial charge in [-0.15, -0.1) is 6.58 Å². The maximum atomic E-state index is 3.88. The van der Waals surface area contributed by atoms with Crippen molar-refractivity contribution in [1.82, 2.24) is 10.2 Å². The molecule has 0 aromatic carbocycles. The van der Waals surface area contributed by atoms with E-state index in [2.05, 4.69) is 44.6 Å². The van der Waals surface area contributed by atoms with Crippen LogP contribution < -0.4 is 5.32 Å². The number of hydrogen-bond donors (Lipinski definition) is 1. The minimum Gasteiger partial charge on any atom is -0.316 e. The lowest BCUT2D eigenvalue weighted by atomic mass is 10.2. The first-order valence-corrected chi connectivity index (χ1v) is 5.59. The van der Waals surface area contributed by atoms with Gasteiger partial charge in [0.1, 0.15) is 0 Å². The molecule has 0 aliphatic heterocycles. The summed E-state index contributed by atoms with van der Waals surface area (Å²) in [5.74, 6) is 0. The summed E-state index contributed by atoms with van der Waals surface area (Å²) in [6.45, 7) is 13.8. The van der Waals surface area contributed by atoms with Crippen molar-refractivity contribution in [2.75, 3.05) is 26.7 Å². The van der Waals surface area contributed by atoms with E-state index in [1.54, 1.807) is 0 Å². The molecular formula is C12H26N2. The SMILES string of the molecule is C=C(C)CCNCCCN(C)C(C)C. The van der Waals surface area contributed by atoms with Gasteiger partial charge >= 0.3 is 0 Å². The highest BCUT2D eigenvalue weighted by Crippen LogP contribution is 1.95. The molecule has 0 unspecified atom stereocenters. The van der Waals surface area contributed by atoms with Crippen LogP contribution >= 0.6 is 0 Å². The van der Waals surface area contributed by atoms with Crippen LogP contribution in [0.4, 0.5) is 0 Å². The van der Waals surface area contributed by atoms with Gasteiger partial charge in [-0.1, -0.05) is 5.57 Å². The van der Waals surface area contributed by atoms with Gasteiger partial charge in [0.15, 0.2) is 0 Å². The van der Waals surface area contributed by atoms with Gasteiger partial charge < -0.3 is 10.2 Å². The molecule has 14 heavy (non-hydrogen) atoms. The summed E-state index contributed by atoms with van der Waals surface area (Å²) < 4.78 is 0. The van der Waals surface area contributed by atoms with Gasteiger partial charge in [0, 0.05) is 6.04 Å². The first-order valence-electron chi connectivity index (χ1n) is 5.59. The maximum Gasteiger partial charge on any atom is 0.00355 e. The standard InChI is InChI=1S/C12H26N2/c1-11(2)7-9-13-8-6-10-14(5)12(3)4/h12-13H,1,6-10H2,2-5H3. The molecule has 1 N–H and O–H groups in total. The molecule has 84 valence electrons. The molecule has 0 fully saturated rings. The van der Waals surface area contributed by atoms with E-state index in [9.17, 15) is 0 Å². The van der Waals surface area contributed by atoms with Crippen molar-refractivity contribution in [1.29, 1.82) is 0 Å². The second-order valence-corrected chi connectivity index (χ2v) is 4.39. The molecule has 0 atom stereocenters. The molecule has 0 heterocycles. The van der Waals surface area contributed by atoms with E-state index >= 15 is 0 Å². The van der Waals surface area contributed by atoms with Crippen LogP contribution in [0.3, 0.4) is 0 Å². The van der Waals surface area contributed by atoms with Gasteiger partial charge in [-0.3, -0.25) is 0 Å². The summed E-state index contributed by atoms with van der Waals surface area (Å²) >= 11 is 0. The maximum absolute atomic E-state index is 3.88. The second kappa shape index (κ2) is 8.01. The van der Waals surface area contributed by atoms with Gasteiger partial charge in [0.25, 0.3) is 0 Å². The predicted octanol–water partition coefficient (Wildman–Crippen LogP) is 2.27. The first kappa shape index (κ1) is 13.7. The smallest absolute Gasteiger partial charge is 0.00355 e. The molecule has 0 saturated carbocycles. The largest absolute Gasteiger partial charge is 0.316 e. The molecule has 0 bridgehead atoms. The molecule has 2 heteroatoms. The van der Waals surface area contributed by atoms with Crippen molar-refractivity contribution >= 4 is 0 Å². The Bertz CT molecular complexity index is 152. The summed E-state index contributed by atoms with van der Waals surface area (Å²) in [6, 6.07) is 0.658. The van der Waals surface area contributed by atoms with Crippen molar-refractivity contribution < 1.29 is 0 Å². The minimum atomic E-state index is 0.658. The minimum absolute atomic E-state index is 0.658. The van der Waals surface area contributed by atoms with Crippen LogP contribution in [0.25, 0.3) is 0 Å². The quantitative estimate of drug-likeness (QED) is 0.475. The van der Waals surface area contributed by atoms with E-state index in [-0.39, 0.29) is 0 Å². The van der Waals surface area contributed by atoms with Gasteiger partial charge in [-0.2, -0.15) is 0 Å². The van der Waals surface area contributed by atoms with Crippen LogP contribution in [-0.2, 0) is 0 Å². The molecule has 0 aromatic rings. The zero-order valence-corrected chi connectivity index (χ0v) is 10.3. The third kappa shape index (κ3) is 8.27. The third-order valence-electron chi connectivity index (χ3n) is 2.47. The van der Waals surface area contributed by atoms with Crippen LogP contribution in [0.5, 0.6) is 0 Å². The topological polar surface area (TPSA) is 15.3 Å². The molecule has 0 amide bonds. The number of hydrogen-bond acceptors (Lipinski definition) is 2. The number of nitrogens with one attached hydrogen (secondary N) is 1. The highest BCUT2D eigenvalue weighted by molar-refractivity contribution is 4.88. The second-order valence-electron chi connectivity index (χ2n) is 4.39. The monoisotopic (exact) mass is 198 g/mol. The summed E-state index contributed by atoms with van der Waals surface area (Å²) in [5, 5.41) is 3.42.